The summed E-state index contributed by atoms with van der Waals surface area (Å²) in [6.45, 7) is 9.07. The zero-order chi connectivity index (χ0) is 26.9. The topological polar surface area (TPSA) is 80.3 Å². The summed E-state index contributed by atoms with van der Waals surface area (Å²) in [5, 5.41) is 0. The van der Waals surface area contributed by atoms with Gasteiger partial charge in [-0.2, -0.15) is 0 Å². The molecular formula is C29H48O7. The minimum Gasteiger partial charge on any atom is -0.497 e. The van der Waals surface area contributed by atoms with Gasteiger partial charge >= 0.3 is 11.9 Å². The molecule has 206 valence electrons. The van der Waals surface area contributed by atoms with E-state index >= 15 is 0 Å². The minimum absolute atomic E-state index is 0.0614. The van der Waals surface area contributed by atoms with E-state index in [1.807, 2.05) is 0 Å². The van der Waals surface area contributed by atoms with Gasteiger partial charge in [-0.25, -0.2) is 0 Å². The zero-order valence-corrected chi connectivity index (χ0v) is 23.5. The molecule has 0 spiro atoms. The monoisotopic (exact) mass is 508 g/mol. The molecular weight excluding hydrogens is 460 g/mol. The lowest BCUT2D eigenvalue weighted by Gasteiger charge is -2.21. The molecule has 0 aliphatic rings. The number of hydrogen-bond donors (Lipinski definition) is 0. The first-order valence-electron chi connectivity index (χ1n) is 13.5. The van der Waals surface area contributed by atoms with Gasteiger partial charge in [-0.1, -0.05) is 66.2 Å². The van der Waals surface area contributed by atoms with E-state index in [4.69, 9.17) is 23.7 Å². The molecule has 0 saturated heterocycles. The number of ether oxygens (including phenoxy) is 5. The van der Waals surface area contributed by atoms with Crippen molar-refractivity contribution in [1.82, 2.24) is 0 Å². The summed E-state index contributed by atoms with van der Waals surface area (Å²) in [7, 11) is 4.61. The molecule has 1 aromatic rings. The van der Waals surface area contributed by atoms with Crippen LogP contribution < -0.4 is 14.2 Å². The van der Waals surface area contributed by atoms with E-state index in [-0.39, 0.29) is 18.3 Å². The van der Waals surface area contributed by atoms with E-state index in [1.165, 1.54) is 14.2 Å². The van der Waals surface area contributed by atoms with Crippen LogP contribution in [0.2, 0.25) is 0 Å². The molecule has 0 aliphatic heterocycles. The smallest absolute Gasteiger partial charge is 0.320 e. The molecule has 0 fully saturated rings. The van der Waals surface area contributed by atoms with Gasteiger partial charge in [0, 0.05) is 18.1 Å². The Morgan fingerprint density at radius 3 is 1.67 bits per heavy atom. The summed E-state index contributed by atoms with van der Waals surface area (Å²) in [5.41, 5.74) is 0.614. The van der Waals surface area contributed by atoms with E-state index in [0.717, 1.165) is 51.4 Å². The third kappa shape index (κ3) is 10.3. The fourth-order valence-corrected chi connectivity index (χ4v) is 4.16. The van der Waals surface area contributed by atoms with E-state index < -0.39 is 17.9 Å². The molecule has 0 aliphatic carbocycles. The van der Waals surface area contributed by atoms with E-state index in [0.29, 0.717) is 36.0 Å². The van der Waals surface area contributed by atoms with Crippen LogP contribution in [-0.2, 0) is 25.5 Å². The SMILES string of the molecule is CCCCC(CC)COC(=O)C(Cc1cc(OC)cc(OC)c1OC)C(=O)OCC(CC)CCCC. The fraction of sp³-hybridized carbons (Fsp3) is 0.724. The van der Waals surface area contributed by atoms with Crippen LogP contribution >= 0.6 is 0 Å². The van der Waals surface area contributed by atoms with E-state index in [9.17, 15) is 9.59 Å². The van der Waals surface area contributed by atoms with Crippen LogP contribution in [0, 0.1) is 17.8 Å². The van der Waals surface area contributed by atoms with Crippen LogP contribution in [0.15, 0.2) is 12.1 Å². The Labute approximate surface area is 218 Å². The fourth-order valence-electron chi connectivity index (χ4n) is 4.16. The first-order chi connectivity index (χ1) is 17.4. The Hall–Kier alpha value is -2.44. The predicted octanol–water partition coefficient (Wildman–Crippen LogP) is 6.39. The Bertz CT molecular complexity index is 745. The first kappa shape index (κ1) is 31.6. The highest BCUT2D eigenvalue weighted by atomic mass is 16.6. The summed E-state index contributed by atoms with van der Waals surface area (Å²) in [4.78, 5) is 26.5. The number of benzene rings is 1. The maximum atomic E-state index is 13.3. The van der Waals surface area contributed by atoms with Crippen molar-refractivity contribution in [3.63, 3.8) is 0 Å². The number of hydrogen-bond acceptors (Lipinski definition) is 7. The van der Waals surface area contributed by atoms with Crippen LogP contribution in [-0.4, -0.2) is 46.5 Å². The normalized spacial score (nSPS) is 13.4. The molecule has 0 saturated carbocycles. The van der Waals surface area contributed by atoms with Gasteiger partial charge in [0.05, 0.1) is 34.5 Å². The molecule has 0 N–H and O–H groups in total. The number of methoxy groups -OCH3 is 3. The Balaban J connectivity index is 3.16. The molecule has 0 aromatic heterocycles. The molecule has 2 atom stereocenters. The summed E-state index contributed by atoms with van der Waals surface area (Å²) in [6, 6.07) is 3.45. The number of esters is 2. The quantitative estimate of drug-likeness (QED) is 0.158. The molecule has 0 amide bonds. The zero-order valence-electron chi connectivity index (χ0n) is 23.5. The van der Waals surface area contributed by atoms with Gasteiger partial charge in [0.2, 0.25) is 0 Å². The Morgan fingerprint density at radius 2 is 1.28 bits per heavy atom. The van der Waals surface area contributed by atoms with E-state index in [2.05, 4.69) is 27.7 Å². The third-order valence-electron chi connectivity index (χ3n) is 6.77. The van der Waals surface area contributed by atoms with Crippen molar-refractivity contribution < 1.29 is 33.3 Å². The second-order valence-electron chi connectivity index (χ2n) is 9.37. The third-order valence-corrected chi connectivity index (χ3v) is 6.77. The van der Waals surface area contributed by atoms with Crippen LogP contribution in [0.3, 0.4) is 0 Å². The minimum atomic E-state index is -1.11. The highest BCUT2D eigenvalue weighted by Gasteiger charge is 2.33. The molecule has 7 nitrogen and oxygen atoms in total. The van der Waals surface area contributed by atoms with Crippen molar-refractivity contribution in [2.45, 2.75) is 85.5 Å². The summed E-state index contributed by atoms with van der Waals surface area (Å²) >= 11 is 0. The molecule has 2 unspecified atom stereocenters. The lowest BCUT2D eigenvalue weighted by molar-refractivity contribution is -0.163. The number of carbonyl (C=O) groups excluding carboxylic acids is 2. The standard InChI is InChI=1S/C29H48O7/c1-8-12-14-21(10-3)19-35-28(30)25(29(31)36-20-22(11-4)15-13-9-2)17-23-16-24(32-5)18-26(33-6)27(23)34-7/h16,18,21-22,25H,8-15,17,19-20H2,1-7H3. The molecule has 7 heteroatoms. The maximum Gasteiger partial charge on any atom is 0.320 e. The van der Waals surface area contributed by atoms with Gasteiger partial charge in [0.15, 0.2) is 17.4 Å². The highest BCUT2D eigenvalue weighted by molar-refractivity contribution is 5.95. The van der Waals surface area contributed by atoms with Gasteiger partial charge in [-0.15, -0.1) is 0 Å². The van der Waals surface area contributed by atoms with Gasteiger partial charge < -0.3 is 23.7 Å². The van der Waals surface area contributed by atoms with Crippen LogP contribution in [0.25, 0.3) is 0 Å². The van der Waals surface area contributed by atoms with Crippen LogP contribution in [0.5, 0.6) is 17.2 Å². The molecule has 36 heavy (non-hydrogen) atoms. The highest BCUT2D eigenvalue weighted by Crippen LogP contribution is 2.37. The van der Waals surface area contributed by atoms with Gasteiger partial charge in [0.1, 0.15) is 5.75 Å². The number of rotatable bonds is 19. The number of unbranched alkanes of at least 4 members (excludes halogenated alkanes) is 2. The van der Waals surface area contributed by atoms with Crippen LogP contribution in [0.4, 0.5) is 0 Å². The molecule has 0 radical (unpaired) electrons. The molecule has 1 rings (SSSR count). The van der Waals surface area contributed by atoms with Crippen molar-refractivity contribution in [2.24, 2.45) is 17.8 Å². The van der Waals surface area contributed by atoms with Crippen molar-refractivity contribution >= 4 is 11.9 Å². The summed E-state index contributed by atoms with van der Waals surface area (Å²) < 4.78 is 27.8. The maximum absolute atomic E-state index is 13.3. The second kappa shape index (κ2) is 17.9. The Kier molecular flexibility index (Phi) is 15.7. The van der Waals surface area contributed by atoms with Crippen molar-refractivity contribution in [2.75, 3.05) is 34.5 Å². The summed E-state index contributed by atoms with van der Waals surface area (Å²) in [5.74, 6) is -0.245. The van der Waals surface area contributed by atoms with E-state index in [1.54, 1.807) is 19.2 Å². The van der Waals surface area contributed by atoms with Crippen molar-refractivity contribution in [3.8, 4) is 17.2 Å². The van der Waals surface area contributed by atoms with Gasteiger partial charge in [-0.3, -0.25) is 9.59 Å². The van der Waals surface area contributed by atoms with Crippen LogP contribution in [0.1, 0.15) is 84.6 Å². The largest absolute Gasteiger partial charge is 0.497 e. The van der Waals surface area contributed by atoms with Crippen molar-refractivity contribution in [1.29, 1.82) is 0 Å². The van der Waals surface area contributed by atoms with Gasteiger partial charge in [-0.05, 0) is 30.7 Å². The Morgan fingerprint density at radius 1 is 0.750 bits per heavy atom. The lowest BCUT2D eigenvalue weighted by atomic mass is 9.97. The predicted molar refractivity (Wildman–Crippen MR) is 142 cm³/mol. The molecule has 0 heterocycles. The average Bonchev–Trinajstić information content (AvgIpc) is 2.90. The lowest BCUT2D eigenvalue weighted by Crippen LogP contribution is -2.32. The molecule has 1 aromatic carbocycles. The van der Waals surface area contributed by atoms with Gasteiger partial charge in [0.25, 0.3) is 0 Å². The second-order valence-corrected chi connectivity index (χ2v) is 9.37. The first-order valence-corrected chi connectivity index (χ1v) is 13.5. The van der Waals surface area contributed by atoms with Crippen molar-refractivity contribution in [3.05, 3.63) is 17.7 Å². The average molecular weight is 509 g/mol. The molecule has 0 bridgehead atoms. The number of carbonyl (C=O) groups is 2. The summed E-state index contributed by atoms with van der Waals surface area (Å²) in [6.07, 6.45) is 8.22.